The molecule has 7 amide bonds. The summed E-state index contributed by atoms with van der Waals surface area (Å²) in [6, 6.07) is -0.881. The van der Waals surface area contributed by atoms with E-state index < -0.39 is 30.3 Å². The molecule has 0 atom stereocenters. The molecule has 14 nitrogen and oxygen atoms in total. The predicted octanol–water partition coefficient (Wildman–Crippen LogP) is 3.37. The summed E-state index contributed by atoms with van der Waals surface area (Å²) in [6.07, 6.45) is 7.54. The molecule has 0 aromatic carbocycles. The minimum Gasteiger partial charge on any atom is -0.465 e. The van der Waals surface area contributed by atoms with Crippen molar-refractivity contribution < 1.29 is 38.6 Å². The van der Waals surface area contributed by atoms with E-state index in [1.54, 1.807) is 0 Å². The van der Waals surface area contributed by atoms with Crippen molar-refractivity contribution in [3.63, 3.8) is 0 Å². The third kappa shape index (κ3) is 22.3. The van der Waals surface area contributed by atoms with Gasteiger partial charge in [-0.3, -0.25) is 0 Å². The van der Waals surface area contributed by atoms with Crippen LogP contribution >= 0.6 is 0 Å². The molecule has 0 aliphatic rings. The van der Waals surface area contributed by atoms with E-state index in [0.29, 0.717) is 39.1 Å². The third-order valence-corrected chi connectivity index (χ3v) is 5.74. The number of nitrogens with one attached hydrogen (secondary N) is 5. The summed E-state index contributed by atoms with van der Waals surface area (Å²) in [7, 11) is 2.63. The number of ether oxygens (including phenoxy) is 2. The van der Waals surface area contributed by atoms with E-state index in [1.165, 1.54) is 19.1 Å². The number of urea groups is 2. The van der Waals surface area contributed by atoms with Gasteiger partial charge in [-0.2, -0.15) is 0 Å². The van der Waals surface area contributed by atoms with Crippen LogP contribution in [0.3, 0.4) is 0 Å². The summed E-state index contributed by atoms with van der Waals surface area (Å²) in [5.41, 5.74) is 0. The van der Waals surface area contributed by atoms with E-state index in [4.69, 9.17) is 5.11 Å². The number of carbonyl (C=O) groups is 5. The first-order valence-electron chi connectivity index (χ1n) is 13.8. The van der Waals surface area contributed by atoms with Crippen LogP contribution in [-0.4, -0.2) is 93.8 Å². The van der Waals surface area contributed by atoms with Crippen molar-refractivity contribution in [1.29, 1.82) is 0 Å². The number of nitrogens with zero attached hydrogens (tertiary/aromatic N) is 1. The van der Waals surface area contributed by atoms with Crippen LogP contribution in [0.4, 0.5) is 24.0 Å². The Balaban J connectivity index is 4.36. The summed E-state index contributed by atoms with van der Waals surface area (Å²) < 4.78 is 9.04. The fourth-order valence-electron chi connectivity index (χ4n) is 3.55. The summed E-state index contributed by atoms with van der Waals surface area (Å²) >= 11 is 0. The van der Waals surface area contributed by atoms with Gasteiger partial charge in [0.05, 0.1) is 14.2 Å². The quantitative estimate of drug-likeness (QED) is 0.115. The highest BCUT2D eigenvalue weighted by Gasteiger charge is 2.20. The van der Waals surface area contributed by atoms with Gasteiger partial charge in [0.2, 0.25) is 0 Å². The summed E-state index contributed by atoms with van der Waals surface area (Å²) in [5, 5.41) is 21.7. The molecule has 0 fully saturated rings. The summed E-state index contributed by atoms with van der Waals surface area (Å²) in [5.74, 6) is 0. The fourth-order valence-corrected chi connectivity index (χ4v) is 3.55. The van der Waals surface area contributed by atoms with Crippen molar-refractivity contribution in [2.45, 2.75) is 77.0 Å². The minimum absolute atomic E-state index is 0.280. The number of unbranched alkanes of at least 4 members (excludes halogenated alkanes) is 9. The number of imide groups is 1. The number of methoxy groups -OCH3 is 2. The number of rotatable bonds is 21. The Bertz CT molecular complexity index is 710. The lowest BCUT2D eigenvalue weighted by molar-refractivity contribution is 0.170. The Labute approximate surface area is 231 Å². The van der Waals surface area contributed by atoms with Crippen LogP contribution in [0.25, 0.3) is 0 Å². The maximum Gasteiger partial charge on any atom is 0.406 e. The molecule has 0 aliphatic carbocycles. The molecule has 0 unspecified atom stereocenters. The molecular formula is C25H48N6O8. The first-order valence-corrected chi connectivity index (χ1v) is 13.8. The second-order valence-electron chi connectivity index (χ2n) is 8.93. The lowest BCUT2D eigenvalue weighted by Crippen LogP contribution is -2.49. The van der Waals surface area contributed by atoms with Crippen LogP contribution < -0.4 is 26.6 Å². The summed E-state index contributed by atoms with van der Waals surface area (Å²) in [6.45, 7) is 2.58. The van der Waals surface area contributed by atoms with Gasteiger partial charge < -0.3 is 41.2 Å². The van der Waals surface area contributed by atoms with Crippen molar-refractivity contribution in [2.24, 2.45) is 0 Å². The Hall–Kier alpha value is -3.45. The van der Waals surface area contributed by atoms with Crippen LogP contribution in [0.1, 0.15) is 77.0 Å². The Kier molecular flexibility index (Phi) is 22.7. The van der Waals surface area contributed by atoms with Gasteiger partial charge in [-0.15, -0.1) is 0 Å². The zero-order valence-electron chi connectivity index (χ0n) is 23.5. The number of hydrogen-bond acceptors (Lipinski definition) is 7. The molecule has 0 spiro atoms. The second-order valence-corrected chi connectivity index (χ2v) is 8.93. The molecular weight excluding hydrogens is 512 g/mol. The molecule has 0 bridgehead atoms. The summed E-state index contributed by atoms with van der Waals surface area (Å²) in [4.78, 5) is 59.2. The number of carbonyl (C=O) groups excluding carboxylic acids is 4. The van der Waals surface area contributed by atoms with Gasteiger partial charge in [0.25, 0.3) is 0 Å². The average molecular weight is 561 g/mol. The van der Waals surface area contributed by atoms with Gasteiger partial charge in [-0.05, 0) is 38.5 Å². The standard InChI is InChI=1S/C25H48N6O8/c1-38-24(36)29-18-12-6-4-10-16-27-22(33)31(20-14-8-7-13-19-30-25(37)39-2)21(32)26-15-9-3-5-11-17-28-23(34)35/h28H,3-20H2,1-2H3,(H,26,32)(H,27,33)(H,29,36)(H,30,37)(H,34,35). The maximum atomic E-state index is 12.7. The van der Waals surface area contributed by atoms with E-state index in [-0.39, 0.29) is 6.54 Å². The van der Waals surface area contributed by atoms with Crippen molar-refractivity contribution in [1.82, 2.24) is 31.5 Å². The van der Waals surface area contributed by atoms with Crippen LogP contribution in [0.15, 0.2) is 0 Å². The number of hydrogen-bond donors (Lipinski definition) is 6. The van der Waals surface area contributed by atoms with E-state index in [2.05, 4.69) is 36.1 Å². The highest BCUT2D eigenvalue weighted by atomic mass is 16.5. The molecule has 0 rings (SSSR count). The van der Waals surface area contributed by atoms with Crippen LogP contribution in [-0.2, 0) is 9.47 Å². The topological polar surface area (TPSA) is 187 Å². The van der Waals surface area contributed by atoms with Gasteiger partial charge in [0.15, 0.2) is 0 Å². The van der Waals surface area contributed by atoms with E-state index >= 15 is 0 Å². The molecule has 0 saturated carbocycles. The molecule has 14 heteroatoms. The van der Waals surface area contributed by atoms with E-state index in [9.17, 15) is 24.0 Å². The SMILES string of the molecule is COC(=O)NCCCCCCNC(=O)N(CCCCCCNC(=O)OC)C(=O)NCCCCCCNC(=O)O. The van der Waals surface area contributed by atoms with E-state index in [0.717, 1.165) is 70.6 Å². The van der Waals surface area contributed by atoms with Crippen LogP contribution in [0.2, 0.25) is 0 Å². The lowest BCUT2D eigenvalue weighted by atomic mass is 10.2. The molecule has 0 aromatic heterocycles. The van der Waals surface area contributed by atoms with Crippen molar-refractivity contribution in [3.05, 3.63) is 0 Å². The zero-order chi connectivity index (χ0) is 29.1. The number of alkyl carbamates (subject to hydrolysis) is 2. The first kappa shape index (κ1) is 35.5. The van der Waals surface area contributed by atoms with Crippen molar-refractivity contribution in [2.75, 3.05) is 53.5 Å². The molecule has 0 radical (unpaired) electrons. The molecule has 39 heavy (non-hydrogen) atoms. The molecule has 0 aromatic rings. The second kappa shape index (κ2) is 24.9. The Morgan fingerprint density at radius 1 is 0.513 bits per heavy atom. The molecule has 0 saturated heterocycles. The molecule has 0 heterocycles. The monoisotopic (exact) mass is 560 g/mol. The molecule has 226 valence electrons. The smallest absolute Gasteiger partial charge is 0.406 e. The molecule has 0 aliphatic heterocycles. The van der Waals surface area contributed by atoms with Gasteiger partial charge >= 0.3 is 30.3 Å². The highest BCUT2D eigenvalue weighted by molar-refractivity contribution is 5.93. The number of amides is 7. The zero-order valence-corrected chi connectivity index (χ0v) is 23.5. The Morgan fingerprint density at radius 3 is 1.21 bits per heavy atom. The van der Waals surface area contributed by atoms with Crippen molar-refractivity contribution >= 4 is 30.3 Å². The lowest BCUT2D eigenvalue weighted by Gasteiger charge is -2.22. The van der Waals surface area contributed by atoms with Gasteiger partial charge in [0, 0.05) is 39.3 Å². The van der Waals surface area contributed by atoms with Crippen molar-refractivity contribution in [3.8, 4) is 0 Å². The van der Waals surface area contributed by atoms with Crippen LogP contribution in [0.5, 0.6) is 0 Å². The van der Waals surface area contributed by atoms with Crippen LogP contribution in [0, 0.1) is 0 Å². The normalized spacial score (nSPS) is 10.2. The van der Waals surface area contributed by atoms with Gasteiger partial charge in [-0.25, -0.2) is 28.9 Å². The number of carboxylic acid groups (broad SMARTS) is 1. The van der Waals surface area contributed by atoms with E-state index in [1.807, 2.05) is 0 Å². The van der Waals surface area contributed by atoms with Gasteiger partial charge in [0.1, 0.15) is 0 Å². The fraction of sp³-hybridized carbons (Fsp3) is 0.800. The average Bonchev–Trinajstić information content (AvgIpc) is 2.92. The highest BCUT2D eigenvalue weighted by Crippen LogP contribution is 2.05. The minimum atomic E-state index is -1.04. The van der Waals surface area contributed by atoms with Gasteiger partial charge in [-0.1, -0.05) is 38.5 Å². The Morgan fingerprint density at radius 2 is 0.846 bits per heavy atom. The predicted molar refractivity (Wildman–Crippen MR) is 146 cm³/mol. The molecule has 6 N–H and O–H groups in total. The largest absolute Gasteiger partial charge is 0.465 e. The first-order chi connectivity index (χ1) is 18.8. The third-order valence-electron chi connectivity index (χ3n) is 5.74. The maximum absolute atomic E-state index is 12.7.